The maximum atomic E-state index is 12.2. The third-order valence-corrected chi connectivity index (χ3v) is 5.33. The number of hydrogen-bond acceptors (Lipinski definition) is 5. The summed E-state index contributed by atoms with van der Waals surface area (Å²) in [5.74, 6) is 0.292. The highest BCUT2D eigenvalue weighted by molar-refractivity contribution is 7.94. The number of nitrogens with one attached hydrogen (secondary N) is 1. The van der Waals surface area contributed by atoms with Gasteiger partial charge in [0.05, 0.1) is 10.0 Å². The van der Waals surface area contributed by atoms with E-state index in [1.807, 2.05) is 6.07 Å². The molecule has 0 atom stereocenters. The number of thiophene rings is 1. The van der Waals surface area contributed by atoms with E-state index < -0.39 is 10.0 Å². The van der Waals surface area contributed by atoms with E-state index in [0.29, 0.717) is 10.1 Å². The van der Waals surface area contributed by atoms with E-state index in [4.69, 9.17) is 21.6 Å². The Kier molecular flexibility index (Phi) is 4.49. The third-order valence-electron chi connectivity index (χ3n) is 2.24. The summed E-state index contributed by atoms with van der Waals surface area (Å²) >= 11 is 6.69. The van der Waals surface area contributed by atoms with Crippen molar-refractivity contribution in [3.05, 3.63) is 40.7 Å². The van der Waals surface area contributed by atoms with Gasteiger partial charge in [0.15, 0.2) is 6.61 Å². The first-order valence-corrected chi connectivity index (χ1v) is 8.07. The number of nitrogens with zero attached hydrogens (tertiary/aromatic N) is 1. The monoisotopic (exact) mass is 328 g/mol. The molecule has 0 aliphatic rings. The Balaban J connectivity index is 2.28. The van der Waals surface area contributed by atoms with Crippen LogP contribution in [0.1, 0.15) is 0 Å². The summed E-state index contributed by atoms with van der Waals surface area (Å²) in [6, 6.07) is 11.3. The van der Waals surface area contributed by atoms with Crippen LogP contribution < -0.4 is 9.46 Å². The van der Waals surface area contributed by atoms with Gasteiger partial charge in [-0.25, -0.2) is 8.42 Å². The van der Waals surface area contributed by atoms with Crippen LogP contribution in [0.15, 0.2) is 40.6 Å². The average molecular weight is 329 g/mol. The Morgan fingerprint density at radius 2 is 2.05 bits per heavy atom. The molecule has 0 fully saturated rings. The number of sulfonamides is 1. The quantitative estimate of drug-likeness (QED) is 0.914. The number of rotatable bonds is 5. The molecule has 0 saturated heterocycles. The topological polar surface area (TPSA) is 79.2 Å². The molecule has 8 heteroatoms. The predicted molar refractivity (Wildman–Crippen MR) is 77.7 cm³/mol. The molecular formula is C12H9ClN2O3S2. The normalized spacial score (nSPS) is 10.8. The molecule has 20 heavy (non-hydrogen) atoms. The second-order valence-corrected chi connectivity index (χ2v) is 7.23. The molecule has 0 aliphatic heterocycles. The van der Waals surface area contributed by atoms with Gasteiger partial charge >= 0.3 is 0 Å². The largest absolute Gasteiger partial charge is 0.477 e. The molecule has 5 nitrogen and oxygen atoms in total. The number of anilines is 1. The minimum Gasteiger partial charge on any atom is -0.477 e. The molecule has 0 aliphatic carbocycles. The van der Waals surface area contributed by atoms with Crippen LogP contribution in [0.25, 0.3) is 0 Å². The zero-order valence-corrected chi connectivity index (χ0v) is 12.4. The number of nitriles is 1. The van der Waals surface area contributed by atoms with Gasteiger partial charge in [0, 0.05) is 0 Å². The molecule has 1 aromatic heterocycles. The van der Waals surface area contributed by atoms with Gasteiger partial charge in [-0.3, -0.25) is 4.72 Å². The van der Waals surface area contributed by atoms with Crippen LogP contribution in [-0.2, 0) is 10.0 Å². The maximum absolute atomic E-state index is 12.2. The van der Waals surface area contributed by atoms with Gasteiger partial charge in [-0.2, -0.15) is 5.26 Å². The minimum atomic E-state index is -3.72. The van der Waals surface area contributed by atoms with Crippen molar-refractivity contribution in [3.63, 3.8) is 0 Å². The van der Waals surface area contributed by atoms with Crippen LogP contribution in [0, 0.1) is 11.3 Å². The summed E-state index contributed by atoms with van der Waals surface area (Å²) in [5, 5.41) is 8.51. The van der Waals surface area contributed by atoms with Crippen LogP contribution in [0.3, 0.4) is 0 Å². The summed E-state index contributed by atoms with van der Waals surface area (Å²) in [7, 11) is -3.72. The zero-order chi connectivity index (χ0) is 14.6. The van der Waals surface area contributed by atoms with Gasteiger partial charge in [-0.1, -0.05) is 23.7 Å². The Morgan fingerprint density at radius 3 is 2.70 bits per heavy atom. The Bertz CT molecular complexity index is 750. The molecule has 104 valence electrons. The van der Waals surface area contributed by atoms with Crippen molar-refractivity contribution >= 4 is 38.6 Å². The highest BCUT2D eigenvalue weighted by Gasteiger charge is 2.18. The molecular weight excluding hydrogens is 320 g/mol. The Morgan fingerprint density at radius 1 is 1.30 bits per heavy atom. The smallest absolute Gasteiger partial charge is 0.271 e. The molecule has 1 N–H and O–H groups in total. The molecule has 1 aromatic carbocycles. The highest BCUT2D eigenvalue weighted by Crippen LogP contribution is 2.30. The van der Waals surface area contributed by atoms with E-state index in [-0.39, 0.29) is 16.5 Å². The lowest BCUT2D eigenvalue weighted by Crippen LogP contribution is -2.12. The fraction of sp³-hybridized carbons (Fsp3) is 0.0833. The molecule has 2 rings (SSSR count). The van der Waals surface area contributed by atoms with Gasteiger partial charge in [0.2, 0.25) is 0 Å². The van der Waals surface area contributed by atoms with Crippen molar-refractivity contribution in [1.82, 2.24) is 0 Å². The van der Waals surface area contributed by atoms with Crippen LogP contribution >= 0.6 is 22.9 Å². The lowest BCUT2D eigenvalue weighted by molar-refractivity contribution is 0.370. The van der Waals surface area contributed by atoms with Crippen molar-refractivity contribution in [1.29, 1.82) is 5.26 Å². The minimum absolute atomic E-state index is 0.109. The number of hydrogen-bond donors (Lipinski definition) is 1. The summed E-state index contributed by atoms with van der Waals surface area (Å²) < 4.78 is 32.4. The zero-order valence-electron chi connectivity index (χ0n) is 10.0. The second kappa shape index (κ2) is 6.13. The first-order chi connectivity index (χ1) is 9.53. The summed E-state index contributed by atoms with van der Waals surface area (Å²) in [5.41, 5.74) is 0.271. The van der Waals surface area contributed by atoms with Crippen LogP contribution in [0.4, 0.5) is 5.69 Å². The SMILES string of the molecule is N#CCOc1ccccc1NS(=O)(=O)c1ccc(Cl)s1. The van der Waals surface area contributed by atoms with Crippen LogP contribution in [-0.4, -0.2) is 15.0 Å². The molecule has 0 bridgehead atoms. The van der Waals surface area contributed by atoms with Crippen LogP contribution in [0.2, 0.25) is 4.34 Å². The number of ether oxygens (including phenoxy) is 1. The maximum Gasteiger partial charge on any atom is 0.271 e. The Labute approximate surface area is 125 Å². The lowest BCUT2D eigenvalue weighted by Gasteiger charge is -2.11. The first kappa shape index (κ1) is 14.7. The highest BCUT2D eigenvalue weighted by atomic mass is 35.5. The fourth-order valence-corrected chi connectivity index (χ4v) is 3.98. The van der Waals surface area contributed by atoms with Gasteiger partial charge < -0.3 is 4.74 Å². The summed E-state index contributed by atoms with van der Waals surface area (Å²) in [6.07, 6.45) is 0. The summed E-state index contributed by atoms with van der Waals surface area (Å²) in [4.78, 5) is 0. The molecule has 0 amide bonds. The van der Waals surface area contributed by atoms with E-state index >= 15 is 0 Å². The van der Waals surface area contributed by atoms with E-state index in [2.05, 4.69) is 4.72 Å². The lowest BCUT2D eigenvalue weighted by atomic mass is 10.3. The second-order valence-electron chi connectivity index (χ2n) is 3.61. The van der Waals surface area contributed by atoms with Crippen molar-refractivity contribution in [2.24, 2.45) is 0 Å². The first-order valence-electron chi connectivity index (χ1n) is 5.40. The van der Waals surface area contributed by atoms with Crippen LogP contribution in [0.5, 0.6) is 5.75 Å². The van der Waals surface area contributed by atoms with Gasteiger partial charge in [-0.05, 0) is 24.3 Å². The van der Waals surface area contributed by atoms with Gasteiger partial charge in [-0.15, -0.1) is 11.3 Å². The molecule has 0 unspecified atom stereocenters. The van der Waals surface area contributed by atoms with Crippen molar-refractivity contribution in [2.75, 3.05) is 11.3 Å². The van der Waals surface area contributed by atoms with Crippen molar-refractivity contribution in [3.8, 4) is 11.8 Å². The van der Waals surface area contributed by atoms with E-state index in [1.165, 1.54) is 12.1 Å². The molecule has 1 heterocycles. The van der Waals surface area contributed by atoms with Crippen molar-refractivity contribution < 1.29 is 13.2 Å². The van der Waals surface area contributed by atoms with Gasteiger partial charge in [0.25, 0.3) is 10.0 Å². The van der Waals surface area contributed by atoms with Gasteiger partial charge in [0.1, 0.15) is 16.0 Å². The number of benzene rings is 1. The Hall–Kier alpha value is -1.75. The predicted octanol–water partition coefficient (Wildman–Crippen LogP) is 3.10. The standard InChI is InChI=1S/C12H9ClN2O3S2/c13-11-5-6-12(19-11)20(16,17)15-9-3-1-2-4-10(9)18-8-7-14/h1-6,15H,8H2. The third kappa shape index (κ3) is 3.42. The molecule has 0 saturated carbocycles. The molecule has 0 radical (unpaired) electrons. The van der Waals surface area contributed by atoms with Crippen molar-refractivity contribution in [2.45, 2.75) is 4.21 Å². The summed E-state index contributed by atoms with van der Waals surface area (Å²) in [6.45, 7) is -0.163. The molecule has 0 spiro atoms. The van der Waals surface area contributed by atoms with E-state index in [1.54, 1.807) is 24.3 Å². The van der Waals surface area contributed by atoms with E-state index in [9.17, 15) is 8.42 Å². The average Bonchev–Trinajstić information content (AvgIpc) is 2.85. The van der Waals surface area contributed by atoms with E-state index in [0.717, 1.165) is 11.3 Å². The number of para-hydroxylation sites is 2. The molecule has 2 aromatic rings. The number of halogens is 1. The fourth-order valence-electron chi connectivity index (χ4n) is 1.42.